The van der Waals surface area contributed by atoms with Crippen molar-refractivity contribution in [2.75, 3.05) is 0 Å². The van der Waals surface area contributed by atoms with Crippen molar-refractivity contribution in [3.8, 4) is 0 Å². The Bertz CT molecular complexity index is 656. The van der Waals surface area contributed by atoms with Gasteiger partial charge in [0.1, 0.15) is 0 Å². The molecule has 0 bridgehead atoms. The van der Waals surface area contributed by atoms with Gasteiger partial charge in [-0.15, -0.1) is 11.3 Å². The van der Waals surface area contributed by atoms with Gasteiger partial charge in [0.15, 0.2) is 0 Å². The van der Waals surface area contributed by atoms with Crippen molar-refractivity contribution in [1.82, 2.24) is 0 Å². The molecule has 0 N–H and O–H groups in total. The Kier molecular flexibility index (Phi) is 3.88. The van der Waals surface area contributed by atoms with Crippen LogP contribution in [0.3, 0.4) is 0 Å². The average molecular weight is 286 g/mol. The smallest absolute Gasteiger partial charge is 0.203 e. The predicted octanol–water partition coefficient (Wildman–Crippen LogP) is 5.14. The molecule has 0 amide bonds. The van der Waals surface area contributed by atoms with Crippen molar-refractivity contribution < 1.29 is 4.79 Å². The van der Waals surface area contributed by atoms with Gasteiger partial charge in [0.2, 0.25) is 5.78 Å². The standard InChI is InChI=1S/C18H22OS/c1-9-8-16(20-15(9)7)18(19)17-13(5)11(3)10(2)12(4)14(17)6/h8H,1-7H3. The number of aryl methyl sites for hydroxylation is 2. The van der Waals surface area contributed by atoms with E-state index >= 15 is 0 Å². The fraction of sp³-hybridized carbons (Fsp3) is 0.389. The van der Waals surface area contributed by atoms with Gasteiger partial charge in [-0.25, -0.2) is 0 Å². The lowest BCUT2D eigenvalue weighted by atomic mass is 9.87. The summed E-state index contributed by atoms with van der Waals surface area (Å²) in [5, 5.41) is 0. The van der Waals surface area contributed by atoms with Gasteiger partial charge in [0, 0.05) is 10.4 Å². The number of benzene rings is 1. The maximum atomic E-state index is 12.9. The number of thiophene rings is 1. The molecule has 0 radical (unpaired) electrons. The minimum Gasteiger partial charge on any atom is -0.288 e. The van der Waals surface area contributed by atoms with Crippen LogP contribution in [0.4, 0.5) is 0 Å². The molecule has 0 aliphatic heterocycles. The molecule has 0 saturated heterocycles. The third-order valence-corrected chi connectivity index (χ3v) is 5.77. The van der Waals surface area contributed by atoms with Gasteiger partial charge in [-0.2, -0.15) is 0 Å². The summed E-state index contributed by atoms with van der Waals surface area (Å²) in [5.74, 6) is 0.174. The number of carbonyl (C=O) groups excluding carboxylic acids is 1. The molecule has 1 heterocycles. The molecule has 106 valence electrons. The molecule has 2 rings (SSSR count). The summed E-state index contributed by atoms with van der Waals surface area (Å²) < 4.78 is 0. The molecule has 1 aromatic heterocycles. The van der Waals surface area contributed by atoms with Crippen molar-refractivity contribution in [1.29, 1.82) is 0 Å². The van der Waals surface area contributed by atoms with Gasteiger partial charge in [-0.3, -0.25) is 4.79 Å². The fourth-order valence-electron chi connectivity index (χ4n) is 2.65. The van der Waals surface area contributed by atoms with Gasteiger partial charge >= 0.3 is 0 Å². The number of hydrogen-bond acceptors (Lipinski definition) is 2. The lowest BCUT2D eigenvalue weighted by Gasteiger charge is -2.17. The molecule has 0 spiro atoms. The quantitative estimate of drug-likeness (QED) is 0.699. The maximum absolute atomic E-state index is 12.9. The number of rotatable bonds is 2. The average Bonchev–Trinajstić information content (AvgIpc) is 2.74. The van der Waals surface area contributed by atoms with Crippen molar-refractivity contribution in [3.63, 3.8) is 0 Å². The third kappa shape index (κ3) is 2.22. The molecule has 0 atom stereocenters. The van der Waals surface area contributed by atoms with Gasteiger partial charge in [-0.1, -0.05) is 0 Å². The van der Waals surface area contributed by atoms with Crippen molar-refractivity contribution >= 4 is 17.1 Å². The zero-order chi connectivity index (χ0) is 15.2. The first-order valence-electron chi connectivity index (χ1n) is 6.94. The van der Waals surface area contributed by atoms with Gasteiger partial charge in [-0.05, 0) is 87.9 Å². The third-order valence-electron chi connectivity index (χ3n) is 4.62. The summed E-state index contributed by atoms with van der Waals surface area (Å²) in [7, 11) is 0. The molecule has 0 aliphatic carbocycles. The Balaban J connectivity index is 2.67. The zero-order valence-electron chi connectivity index (χ0n) is 13.4. The monoisotopic (exact) mass is 286 g/mol. The Hall–Kier alpha value is -1.41. The zero-order valence-corrected chi connectivity index (χ0v) is 14.2. The van der Waals surface area contributed by atoms with Gasteiger partial charge in [0.25, 0.3) is 0 Å². The maximum Gasteiger partial charge on any atom is 0.203 e. The molecule has 0 saturated carbocycles. The highest BCUT2D eigenvalue weighted by atomic mass is 32.1. The van der Waals surface area contributed by atoms with Crippen LogP contribution in [0.15, 0.2) is 6.07 Å². The summed E-state index contributed by atoms with van der Waals surface area (Å²) in [5.41, 5.74) is 8.12. The predicted molar refractivity (Wildman–Crippen MR) is 87.4 cm³/mol. The van der Waals surface area contributed by atoms with Crippen LogP contribution in [0.25, 0.3) is 0 Å². The Morgan fingerprint density at radius 2 is 1.25 bits per heavy atom. The van der Waals surface area contributed by atoms with Crippen LogP contribution >= 0.6 is 11.3 Å². The van der Waals surface area contributed by atoms with E-state index in [1.807, 2.05) is 6.07 Å². The topological polar surface area (TPSA) is 17.1 Å². The Morgan fingerprint density at radius 1 is 0.800 bits per heavy atom. The first-order chi connectivity index (χ1) is 9.25. The fourth-order valence-corrected chi connectivity index (χ4v) is 3.63. The highest BCUT2D eigenvalue weighted by Crippen LogP contribution is 2.30. The van der Waals surface area contributed by atoms with Crippen LogP contribution in [0, 0.1) is 48.5 Å². The SMILES string of the molecule is Cc1cc(C(=O)c2c(C)c(C)c(C)c(C)c2C)sc1C. The van der Waals surface area contributed by atoms with E-state index in [0.29, 0.717) is 0 Å². The number of hydrogen-bond donors (Lipinski definition) is 0. The van der Waals surface area contributed by atoms with E-state index in [4.69, 9.17) is 0 Å². The largest absolute Gasteiger partial charge is 0.288 e. The molecule has 2 heteroatoms. The molecule has 20 heavy (non-hydrogen) atoms. The van der Waals surface area contributed by atoms with E-state index in [0.717, 1.165) is 21.6 Å². The van der Waals surface area contributed by atoms with Crippen LogP contribution < -0.4 is 0 Å². The number of carbonyl (C=O) groups is 1. The summed E-state index contributed by atoms with van der Waals surface area (Å²) >= 11 is 1.60. The first-order valence-corrected chi connectivity index (χ1v) is 7.76. The number of ketones is 1. The molecule has 0 fully saturated rings. The second-order valence-electron chi connectivity index (χ2n) is 5.68. The van der Waals surface area contributed by atoms with Gasteiger partial charge < -0.3 is 0 Å². The van der Waals surface area contributed by atoms with Crippen LogP contribution in [0.1, 0.15) is 53.5 Å². The van der Waals surface area contributed by atoms with E-state index in [2.05, 4.69) is 48.5 Å². The summed E-state index contributed by atoms with van der Waals surface area (Å²) in [4.78, 5) is 15.0. The molecule has 0 aliphatic rings. The summed E-state index contributed by atoms with van der Waals surface area (Å²) in [6.45, 7) is 14.6. The van der Waals surface area contributed by atoms with E-state index in [1.165, 1.54) is 27.1 Å². The first kappa shape index (κ1) is 15.0. The van der Waals surface area contributed by atoms with Gasteiger partial charge in [0.05, 0.1) is 4.88 Å². The van der Waals surface area contributed by atoms with E-state index in [1.54, 1.807) is 11.3 Å². The molecule has 1 nitrogen and oxygen atoms in total. The van der Waals surface area contributed by atoms with Crippen molar-refractivity contribution in [3.05, 3.63) is 54.8 Å². The molecule has 2 aromatic rings. The molecule has 1 aromatic carbocycles. The van der Waals surface area contributed by atoms with Crippen LogP contribution in [0.5, 0.6) is 0 Å². The van der Waals surface area contributed by atoms with Crippen LogP contribution in [0.2, 0.25) is 0 Å². The molecular weight excluding hydrogens is 264 g/mol. The highest BCUT2D eigenvalue weighted by Gasteiger charge is 2.21. The Labute approximate surface area is 125 Å². The lowest BCUT2D eigenvalue weighted by molar-refractivity contribution is 0.104. The summed E-state index contributed by atoms with van der Waals surface area (Å²) in [6, 6.07) is 2.02. The van der Waals surface area contributed by atoms with E-state index < -0.39 is 0 Å². The highest BCUT2D eigenvalue weighted by molar-refractivity contribution is 7.14. The second kappa shape index (κ2) is 5.17. The Morgan fingerprint density at radius 3 is 1.65 bits per heavy atom. The lowest BCUT2D eigenvalue weighted by Crippen LogP contribution is -2.09. The van der Waals surface area contributed by atoms with Crippen molar-refractivity contribution in [2.45, 2.75) is 48.5 Å². The summed E-state index contributed by atoms with van der Waals surface area (Å²) in [6.07, 6.45) is 0. The normalized spacial score (nSPS) is 10.9. The minimum absolute atomic E-state index is 0.174. The molecule has 0 unspecified atom stereocenters. The van der Waals surface area contributed by atoms with Crippen LogP contribution in [-0.2, 0) is 0 Å². The minimum atomic E-state index is 0.174. The van der Waals surface area contributed by atoms with E-state index in [9.17, 15) is 4.79 Å². The van der Waals surface area contributed by atoms with Crippen molar-refractivity contribution in [2.24, 2.45) is 0 Å². The van der Waals surface area contributed by atoms with Crippen LogP contribution in [-0.4, -0.2) is 5.78 Å². The second-order valence-corrected chi connectivity index (χ2v) is 6.94. The van der Waals surface area contributed by atoms with E-state index in [-0.39, 0.29) is 5.78 Å². The molecular formula is C18H22OS.